The number of hydrogen-bond acceptors (Lipinski definition) is 2. The predicted octanol–water partition coefficient (Wildman–Crippen LogP) is 3.54. The molecule has 0 aromatic heterocycles. The first kappa shape index (κ1) is 13.5. The highest BCUT2D eigenvalue weighted by Crippen LogP contribution is 2.22. The van der Waals surface area contributed by atoms with Crippen molar-refractivity contribution in [3.05, 3.63) is 35.1 Å². The van der Waals surface area contributed by atoms with Crippen LogP contribution in [0.15, 0.2) is 18.2 Å². The summed E-state index contributed by atoms with van der Waals surface area (Å²) < 4.78 is 13.3. The van der Waals surface area contributed by atoms with Crippen molar-refractivity contribution in [1.82, 2.24) is 5.32 Å². The van der Waals surface area contributed by atoms with Gasteiger partial charge >= 0.3 is 0 Å². The molecule has 1 aromatic carbocycles. The second-order valence-electron chi connectivity index (χ2n) is 4.29. The van der Waals surface area contributed by atoms with Gasteiger partial charge in [-0.15, -0.1) is 0 Å². The third-order valence-corrected chi connectivity index (χ3v) is 3.60. The molecule has 90 valence electrons. The summed E-state index contributed by atoms with van der Waals surface area (Å²) in [5.74, 6) is 0.821. The standard InChI is InChI=1S/C13H20FNS/c1-9(2)16-8-13(15-4)11-5-10(3)6-12(14)7-11/h5-7,9,13,15H,8H2,1-4H3. The van der Waals surface area contributed by atoms with Crippen LogP contribution in [0.4, 0.5) is 4.39 Å². The van der Waals surface area contributed by atoms with Gasteiger partial charge in [-0.1, -0.05) is 19.9 Å². The highest BCUT2D eigenvalue weighted by atomic mass is 32.2. The van der Waals surface area contributed by atoms with Crippen LogP contribution >= 0.6 is 11.8 Å². The van der Waals surface area contributed by atoms with Gasteiger partial charge in [0.25, 0.3) is 0 Å². The van der Waals surface area contributed by atoms with Gasteiger partial charge in [-0.25, -0.2) is 4.39 Å². The fourth-order valence-corrected chi connectivity index (χ4v) is 2.54. The number of nitrogens with one attached hydrogen (secondary N) is 1. The molecule has 0 fully saturated rings. The van der Waals surface area contributed by atoms with Crippen molar-refractivity contribution in [3.8, 4) is 0 Å². The number of halogens is 1. The number of thioether (sulfide) groups is 1. The van der Waals surface area contributed by atoms with E-state index >= 15 is 0 Å². The molecule has 0 radical (unpaired) electrons. The lowest BCUT2D eigenvalue weighted by Gasteiger charge is -2.18. The van der Waals surface area contributed by atoms with E-state index in [1.54, 1.807) is 12.1 Å². The zero-order chi connectivity index (χ0) is 12.1. The summed E-state index contributed by atoms with van der Waals surface area (Å²) >= 11 is 1.89. The summed E-state index contributed by atoms with van der Waals surface area (Å²) in [4.78, 5) is 0. The smallest absolute Gasteiger partial charge is 0.123 e. The van der Waals surface area contributed by atoms with E-state index in [-0.39, 0.29) is 11.9 Å². The van der Waals surface area contributed by atoms with Gasteiger partial charge in [0.1, 0.15) is 5.82 Å². The van der Waals surface area contributed by atoms with Crippen molar-refractivity contribution in [3.63, 3.8) is 0 Å². The van der Waals surface area contributed by atoms with Crippen LogP contribution in [0.5, 0.6) is 0 Å². The van der Waals surface area contributed by atoms with Gasteiger partial charge in [-0.2, -0.15) is 11.8 Å². The number of benzene rings is 1. The van der Waals surface area contributed by atoms with Crippen LogP contribution in [0.3, 0.4) is 0 Å². The fourth-order valence-electron chi connectivity index (χ4n) is 1.60. The lowest BCUT2D eigenvalue weighted by atomic mass is 10.1. The summed E-state index contributed by atoms with van der Waals surface area (Å²) in [7, 11) is 1.92. The molecule has 1 aromatic rings. The Morgan fingerprint density at radius 1 is 1.31 bits per heavy atom. The Bertz CT molecular complexity index is 318. The molecule has 0 aliphatic heterocycles. The summed E-state index contributed by atoms with van der Waals surface area (Å²) in [6, 6.07) is 5.45. The Morgan fingerprint density at radius 3 is 2.50 bits per heavy atom. The molecule has 16 heavy (non-hydrogen) atoms. The van der Waals surface area contributed by atoms with Crippen LogP contribution in [0, 0.1) is 12.7 Å². The van der Waals surface area contributed by atoms with Gasteiger partial charge in [-0.05, 0) is 42.5 Å². The number of aryl methyl sites for hydroxylation is 1. The van der Waals surface area contributed by atoms with E-state index in [4.69, 9.17) is 0 Å². The second-order valence-corrected chi connectivity index (χ2v) is 5.89. The van der Waals surface area contributed by atoms with Gasteiger partial charge in [0.05, 0.1) is 0 Å². The lowest BCUT2D eigenvalue weighted by Crippen LogP contribution is -2.19. The molecule has 0 aliphatic rings. The van der Waals surface area contributed by atoms with E-state index in [1.165, 1.54) is 0 Å². The van der Waals surface area contributed by atoms with Gasteiger partial charge in [0.2, 0.25) is 0 Å². The average molecular weight is 241 g/mol. The maximum atomic E-state index is 13.3. The maximum Gasteiger partial charge on any atom is 0.123 e. The molecular weight excluding hydrogens is 221 g/mol. The van der Waals surface area contributed by atoms with Crippen molar-refractivity contribution in [2.75, 3.05) is 12.8 Å². The Balaban J connectivity index is 2.78. The van der Waals surface area contributed by atoms with Gasteiger partial charge in [0.15, 0.2) is 0 Å². The minimum absolute atomic E-state index is 0.148. The first-order valence-corrected chi connectivity index (χ1v) is 6.63. The van der Waals surface area contributed by atoms with Crippen LogP contribution in [0.1, 0.15) is 31.0 Å². The first-order valence-electron chi connectivity index (χ1n) is 5.59. The minimum Gasteiger partial charge on any atom is -0.312 e. The third-order valence-electron chi connectivity index (χ3n) is 2.41. The summed E-state index contributed by atoms with van der Waals surface area (Å²) in [6.45, 7) is 6.28. The monoisotopic (exact) mass is 241 g/mol. The summed E-state index contributed by atoms with van der Waals surface area (Å²) in [5, 5.41) is 3.84. The van der Waals surface area contributed by atoms with Crippen molar-refractivity contribution >= 4 is 11.8 Å². The van der Waals surface area contributed by atoms with E-state index in [1.807, 2.05) is 31.8 Å². The molecule has 0 saturated carbocycles. The van der Waals surface area contributed by atoms with E-state index < -0.39 is 0 Å². The van der Waals surface area contributed by atoms with E-state index in [9.17, 15) is 4.39 Å². The molecule has 0 heterocycles. The van der Waals surface area contributed by atoms with Crippen LogP contribution in [0.25, 0.3) is 0 Å². The fraction of sp³-hybridized carbons (Fsp3) is 0.538. The van der Waals surface area contributed by atoms with Gasteiger partial charge in [0, 0.05) is 11.8 Å². The summed E-state index contributed by atoms with van der Waals surface area (Å²) in [6.07, 6.45) is 0. The van der Waals surface area contributed by atoms with Crippen LogP contribution in [-0.4, -0.2) is 18.1 Å². The summed E-state index contributed by atoms with van der Waals surface area (Å²) in [5.41, 5.74) is 2.01. The van der Waals surface area contributed by atoms with Gasteiger partial charge < -0.3 is 5.32 Å². The van der Waals surface area contributed by atoms with E-state index in [0.29, 0.717) is 5.25 Å². The average Bonchev–Trinajstić information content (AvgIpc) is 2.16. The molecule has 0 amide bonds. The molecule has 0 aliphatic carbocycles. The molecule has 1 rings (SSSR count). The molecule has 1 N–H and O–H groups in total. The van der Waals surface area contributed by atoms with Gasteiger partial charge in [-0.3, -0.25) is 0 Å². The number of rotatable bonds is 5. The Morgan fingerprint density at radius 2 is 2.00 bits per heavy atom. The van der Waals surface area contributed by atoms with Crippen molar-refractivity contribution in [1.29, 1.82) is 0 Å². The normalized spacial score (nSPS) is 13.1. The molecule has 1 nitrogen and oxygen atoms in total. The zero-order valence-corrected chi connectivity index (χ0v) is 11.2. The highest BCUT2D eigenvalue weighted by molar-refractivity contribution is 7.99. The topological polar surface area (TPSA) is 12.0 Å². The van der Waals surface area contributed by atoms with Crippen molar-refractivity contribution in [2.24, 2.45) is 0 Å². The quantitative estimate of drug-likeness (QED) is 0.846. The highest BCUT2D eigenvalue weighted by Gasteiger charge is 2.11. The molecule has 1 atom stereocenters. The predicted molar refractivity (Wildman–Crippen MR) is 70.5 cm³/mol. The van der Waals surface area contributed by atoms with Crippen LogP contribution in [0.2, 0.25) is 0 Å². The largest absolute Gasteiger partial charge is 0.312 e. The molecule has 0 spiro atoms. The minimum atomic E-state index is -0.148. The molecule has 1 unspecified atom stereocenters. The molecule has 0 bridgehead atoms. The first-order chi connectivity index (χ1) is 7.52. The lowest BCUT2D eigenvalue weighted by molar-refractivity contribution is 0.609. The third kappa shape index (κ3) is 4.14. The SMILES string of the molecule is CNC(CSC(C)C)c1cc(C)cc(F)c1. The second kappa shape index (κ2) is 6.26. The van der Waals surface area contributed by atoms with Crippen LogP contribution in [-0.2, 0) is 0 Å². The Kier molecular flexibility index (Phi) is 5.29. The van der Waals surface area contributed by atoms with E-state index in [0.717, 1.165) is 16.9 Å². The maximum absolute atomic E-state index is 13.3. The van der Waals surface area contributed by atoms with Crippen LogP contribution < -0.4 is 5.32 Å². The molecular formula is C13H20FNS. The van der Waals surface area contributed by atoms with Crippen molar-refractivity contribution in [2.45, 2.75) is 32.1 Å². The van der Waals surface area contributed by atoms with E-state index in [2.05, 4.69) is 19.2 Å². The molecule has 0 saturated heterocycles. The molecule has 3 heteroatoms. The zero-order valence-electron chi connectivity index (χ0n) is 10.4. The Labute approximate surface area is 102 Å². The Hall–Kier alpha value is -0.540. The number of hydrogen-bond donors (Lipinski definition) is 1. The van der Waals surface area contributed by atoms with Crippen molar-refractivity contribution < 1.29 is 4.39 Å².